The number of nitrogens with one attached hydrogen (secondary N) is 1. The van der Waals surface area contributed by atoms with Crippen LogP contribution in [0.25, 0.3) is 10.9 Å². The second-order valence-electron chi connectivity index (χ2n) is 9.72. The number of piperazine rings is 1. The maximum absolute atomic E-state index is 13.5. The maximum Gasteiger partial charge on any atom is 0.289 e. The summed E-state index contributed by atoms with van der Waals surface area (Å²) in [5.41, 5.74) is 3.43. The molecule has 0 aliphatic carbocycles. The van der Waals surface area contributed by atoms with Gasteiger partial charge < -0.3 is 14.3 Å². The normalized spacial score (nSPS) is 15.1. The van der Waals surface area contributed by atoms with Crippen molar-refractivity contribution in [2.24, 2.45) is 0 Å². The number of aromatic nitrogens is 5. The number of amides is 1. The van der Waals surface area contributed by atoms with Crippen LogP contribution in [0.3, 0.4) is 0 Å². The number of hydrogen-bond acceptors (Lipinski definition) is 7. The smallest absolute Gasteiger partial charge is 0.289 e. The molecule has 10 heteroatoms. The number of aryl methyl sites for hydroxylation is 1. The quantitative estimate of drug-likeness (QED) is 0.348. The van der Waals surface area contributed by atoms with Gasteiger partial charge in [-0.3, -0.25) is 14.5 Å². The maximum atomic E-state index is 13.5. The number of nitrogens with zero attached hydrogens (tertiary/aromatic N) is 6. The number of H-pyrrole nitrogens is 1. The number of hydrogen-bond donors (Lipinski definition) is 1. The monoisotopic (exact) mass is 523 g/mol. The standard InChI is InChI=1S/C29H29N7O3/c1-2-20-10-11-24-22(17-20)18-23(28(37)30-24)26(27-31-32-33-36(27)19-21-7-4-3-5-8-21)34-12-14-35(15-13-34)29(38)25-9-6-16-39-25/h3-11,16-18,26H,2,12-15,19H2,1H3,(H,30,37)/t26-/m0/s1. The highest BCUT2D eigenvalue weighted by atomic mass is 16.3. The summed E-state index contributed by atoms with van der Waals surface area (Å²) in [6, 6.07) is 20.9. The first-order chi connectivity index (χ1) is 19.1. The van der Waals surface area contributed by atoms with Crippen LogP contribution in [-0.2, 0) is 13.0 Å². The van der Waals surface area contributed by atoms with E-state index >= 15 is 0 Å². The Morgan fingerprint density at radius 3 is 2.56 bits per heavy atom. The Balaban J connectivity index is 1.38. The number of fused-ring (bicyclic) bond motifs is 1. The van der Waals surface area contributed by atoms with Gasteiger partial charge in [0.1, 0.15) is 6.04 Å². The Morgan fingerprint density at radius 2 is 1.82 bits per heavy atom. The molecule has 0 unspecified atom stereocenters. The van der Waals surface area contributed by atoms with Crippen LogP contribution in [0.15, 0.2) is 82.2 Å². The molecule has 1 aliphatic rings. The third kappa shape index (κ3) is 4.98. The summed E-state index contributed by atoms with van der Waals surface area (Å²) in [5.74, 6) is 0.770. The first-order valence-electron chi connectivity index (χ1n) is 13.1. The number of furan rings is 1. The molecule has 1 amide bonds. The fourth-order valence-electron chi connectivity index (χ4n) is 5.21. The van der Waals surface area contributed by atoms with Gasteiger partial charge in [-0.1, -0.05) is 43.3 Å². The van der Waals surface area contributed by atoms with Crippen molar-refractivity contribution in [3.05, 3.63) is 112 Å². The Hall–Kier alpha value is -4.57. The Kier molecular flexibility index (Phi) is 6.76. The molecule has 1 saturated heterocycles. The van der Waals surface area contributed by atoms with Gasteiger partial charge in [0.15, 0.2) is 11.6 Å². The van der Waals surface area contributed by atoms with E-state index in [1.165, 1.54) is 11.8 Å². The zero-order valence-electron chi connectivity index (χ0n) is 21.7. The summed E-state index contributed by atoms with van der Waals surface area (Å²) in [6.45, 7) is 4.65. The van der Waals surface area contributed by atoms with E-state index in [1.54, 1.807) is 21.7 Å². The van der Waals surface area contributed by atoms with Crippen molar-refractivity contribution in [2.75, 3.05) is 26.2 Å². The number of carbonyl (C=O) groups is 1. The second-order valence-corrected chi connectivity index (χ2v) is 9.72. The molecular weight excluding hydrogens is 494 g/mol. The Labute approximate surface area is 224 Å². The van der Waals surface area contributed by atoms with Gasteiger partial charge in [-0.25, -0.2) is 4.68 Å². The SMILES string of the molecule is CCc1ccc2[nH]c(=O)c([C@@H](c3nnnn3Cc3ccccc3)N3CCN(C(=O)c4ccco4)CC3)cc2c1. The second kappa shape index (κ2) is 10.7. The van der Waals surface area contributed by atoms with Crippen LogP contribution >= 0.6 is 0 Å². The fourth-order valence-corrected chi connectivity index (χ4v) is 5.21. The minimum absolute atomic E-state index is 0.138. The van der Waals surface area contributed by atoms with Gasteiger partial charge in [-0.2, -0.15) is 0 Å². The van der Waals surface area contributed by atoms with E-state index in [1.807, 2.05) is 48.5 Å². The van der Waals surface area contributed by atoms with Crippen LogP contribution in [0.4, 0.5) is 0 Å². The number of aromatic amines is 1. The lowest BCUT2D eigenvalue weighted by atomic mass is 10.0. The molecule has 10 nitrogen and oxygen atoms in total. The lowest BCUT2D eigenvalue weighted by Crippen LogP contribution is -2.50. The molecule has 0 radical (unpaired) electrons. The lowest BCUT2D eigenvalue weighted by molar-refractivity contribution is 0.0558. The molecule has 39 heavy (non-hydrogen) atoms. The van der Waals surface area contributed by atoms with Crippen LogP contribution < -0.4 is 5.56 Å². The highest BCUT2D eigenvalue weighted by Gasteiger charge is 2.34. The highest BCUT2D eigenvalue weighted by Crippen LogP contribution is 2.29. The largest absolute Gasteiger partial charge is 0.459 e. The number of pyridine rings is 1. The molecule has 5 aromatic rings. The fraction of sp³-hybridized carbons (Fsp3) is 0.276. The zero-order valence-corrected chi connectivity index (χ0v) is 21.7. The van der Waals surface area contributed by atoms with Crippen molar-refractivity contribution < 1.29 is 9.21 Å². The molecule has 1 atom stereocenters. The van der Waals surface area contributed by atoms with Gasteiger partial charge >= 0.3 is 0 Å². The Bertz CT molecular complexity index is 1630. The molecule has 0 saturated carbocycles. The molecule has 1 aliphatic heterocycles. The summed E-state index contributed by atoms with van der Waals surface area (Å²) in [5, 5.41) is 13.7. The third-order valence-corrected chi connectivity index (χ3v) is 7.32. The van der Waals surface area contributed by atoms with E-state index in [9.17, 15) is 9.59 Å². The van der Waals surface area contributed by atoms with Crippen molar-refractivity contribution in [3.8, 4) is 0 Å². The van der Waals surface area contributed by atoms with Gasteiger partial charge in [0.2, 0.25) is 0 Å². The Morgan fingerprint density at radius 1 is 1.00 bits per heavy atom. The summed E-state index contributed by atoms with van der Waals surface area (Å²) in [6.07, 6.45) is 2.40. The summed E-state index contributed by atoms with van der Waals surface area (Å²) in [7, 11) is 0. The van der Waals surface area contributed by atoms with Crippen LogP contribution in [0.2, 0.25) is 0 Å². The molecule has 2 aromatic carbocycles. The summed E-state index contributed by atoms with van der Waals surface area (Å²) < 4.78 is 7.08. The molecule has 1 fully saturated rings. The van der Waals surface area contributed by atoms with Crippen molar-refractivity contribution in [3.63, 3.8) is 0 Å². The predicted octanol–water partition coefficient (Wildman–Crippen LogP) is 3.27. The third-order valence-electron chi connectivity index (χ3n) is 7.32. The molecule has 0 bridgehead atoms. The van der Waals surface area contributed by atoms with E-state index in [0.717, 1.165) is 22.9 Å². The molecule has 6 rings (SSSR count). The van der Waals surface area contributed by atoms with Crippen LogP contribution in [0, 0.1) is 0 Å². The molecule has 0 spiro atoms. The van der Waals surface area contributed by atoms with E-state index in [4.69, 9.17) is 4.42 Å². The topological polar surface area (TPSA) is 113 Å². The van der Waals surface area contributed by atoms with E-state index < -0.39 is 6.04 Å². The summed E-state index contributed by atoms with van der Waals surface area (Å²) >= 11 is 0. The van der Waals surface area contributed by atoms with E-state index in [0.29, 0.717) is 49.9 Å². The van der Waals surface area contributed by atoms with E-state index in [-0.39, 0.29) is 11.5 Å². The average Bonchev–Trinajstić information content (AvgIpc) is 3.67. The minimum Gasteiger partial charge on any atom is -0.459 e. The van der Waals surface area contributed by atoms with E-state index in [2.05, 4.69) is 38.4 Å². The highest BCUT2D eigenvalue weighted by molar-refractivity contribution is 5.91. The average molecular weight is 524 g/mol. The molecule has 198 valence electrons. The molecule has 1 N–H and O–H groups in total. The van der Waals surface area contributed by atoms with Crippen molar-refractivity contribution in [1.29, 1.82) is 0 Å². The van der Waals surface area contributed by atoms with Gasteiger partial charge in [0.25, 0.3) is 11.5 Å². The summed E-state index contributed by atoms with van der Waals surface area (Å²) in [4.78, 5) is 33.4. The van der Waals surface area contributed by atoms with Gasteiger partial charge in [-0.15, -0.1) is 5.10 Å². The van der Waals surface area contributed by atoms with Gasteiger partial charge in [0.05, 0.1) is 12.8 Å². The number of benzene rings is 2. The van der Waals surface area contributed by atoms with Crippen molar-refractivity contribution in [1.82, 2.24) is 35.0 Å². The first kappa shape index (κ1) is 24.7. The van der Waals surface area contributed by atoms with Crippen LogP contribution in [0.1, 0.15) is 46.0 Å². The van der Waals surface area contributed by atoms with Crippen LogP contribution in [-0.4, -0.2) is 67.1 Å². The van der Waals surface area contributed by atoms with Crippen LogP contribution in [0.5, 0.6) is 0 Å². The van der Waals surface area contributed by atoms with Gasteiger partial charge in [0, 0.05) is 37.3 Å². The molecule has 3 aromatic heterocycles. The number of tetrazole rings is 1. The van der Waals surface area contributed by atoms with Gasteiger partial charge in [-0.05, 0) is 63.7 Å². The lowest BCUT2D eigenvalue weighted by Gasteiger charge is -2.38. The minimum atomic E-state index is -0.497. The van der Waals surface area contributed by atoms with Crippen molar-refractivity contribution >= 4 is 16.8 Å². The zero-order chi connectivity index (χ0) is 26.8. The molecule has 4 heterocycles. The first-order valence-corrected chi connectivity index (χ1v) is 13.1. The molecular formula is C29H29N7O3. The predicted molar refractivity (Wildman–Crippen MR) is 145 cm³/mol. The van der Waals surface area contributed by atoms with Crippen molar-refractivity contribution in [2.45, 2.75) is 25.9 Å². The number of carbonyl (C=O) groups excluding carboxylic acids is 1. The number of rotatable bonds is 7.